The number of aliphatic hydroxyl groups is 1. The van der Waals surface area contributed by atoms with Crippen LogP contribution < -0.4 is 4.74 Å². The predicted molar refractivity (Wildman–Crippen MR) is 62.7 cm³/mol. The van der Waals surface area contributed by atoms with Crippen molar-refractivity contribution < 1.29 is 14.9 Å². The average Bonchev–Trinajstić information content (AvgIpc) is 2.31. The second kappa shape index (κ2) is 6.35. The summed E-state index contributed by atoms with van der Waals surface area (Å²) in [5, 5.41) is 18.6. The predicted octanol–water partition coefficient (Wildman–Crippen LogP) is 1.21. The molecule has 0 aromatic heterocycles. The number of benzene rings is 1. The molecule has 90 valence electrons. The molecule has 0 atom stereocenters. The highest BCUT2D eigenvalue weighted by molar-refractivity contribution is 5.39. The summed E-state index contributed by atoms with van der Waals surface area (Å²) in [5.74, 6) is 0.991. The van der Waals surface area contributed by atoms with Crippen LogP contribution >= 0.6 is 0 Å². The zero-order valence-corrected chi connectivity index (χ0v) is 9.81. The summed E-state index contributed by atoms with van der Waals surface area (Å²) >= 11 is 0. The first-order valence-electron chi connectivity index (χ1n) is 5.40. The van der Waals surface area contributed by atoms with Crippen molar-refractivity contribution in [1.29, 1.82) is 0 Å². The number of hydrogen-bond donors (Lipinski definition) is 2. The van der Waals surface area contributed by atoms with Crippen molar-refractivity contribution in [2.75, 3.05) is 26.8 Å². The Balaban J connectivity index is 2.77. The van der Waals surface area contributed by atoms with Crippen molar-refractivity contribution >= 4 is 0 Å². The maximum absolute atomic E-state index is 9.70. The Morgan fingerprint density at radius 3 is 2.69 bits per heavy atom. The van der Waals surface area contributed by atoms with Crippen molar-refractivity contribution in [2.24, 2.45) is 0 Å². The summed E-state index contributed by atoms with van der Waals surface area (Å²) in [6.07, 6.45) is 0. The first-order valence-corrected chi connectivity index (χ1v) is 5.40. The van der Waals surface area contributed by atoms with Crippen LogP contribution in [-0.2, 0) is 6.54 Å². The van der Waals surface area contributed by atoms with Crippen LogP contribution in [0.1, 0.15) is 12.5 Å². The normalized spacial score (nSPS) is 10.8. The maximum atomic E-state index is 9.70. The van der Waals surface area contributed by atoms with Gasteiger partial charge >= 0.3 is 0 Å². The van der Waals surface area contributed by atoms with Crippen LogP contribution in [0.15, 0.2) is 18.2 Å². The van der Waals surface area contributed by atoms with Crippen molar-refractivity contribution in [3.63, 3.8) is 0 Å². The molecule has 4 nitrogen and oxygen atoms in total. The van der Waals surface area contributed by atoms with Gasteiger partial charge in [-0.1, -0.05) is 6.92 Å². The summed E-state index contributed by atoms with van der Waals surface area (Å²) in [6, 6.07) is 5.16. The van der Waals surface area contributed by atoms with Gasteiger partial charge in [0.25, 0.3) is 0 Å². The molecule has 1 rings (SSSR count). The third kappa shape index (κ3) is 3.40. The minimum absolute atomic E-state index is 0.124. The van der Waals surface area contributed by atoms with E-state index in [0.29, 0.717) is 13.1 Å². The molecule has 0 aliphatic heterocycles. The van der Waals surface area contributed by atoms with Crippen LogP contribution in [0.2, 0.25) is 0 Å². The summed E-state index contributed by atoms with van der Waals surface area (Å²) in [5.41, 5.74) is 0.814. The number of nitrogens with zero attached hydrogens (tertiary/aromatic N) is 1. The summed E-state index contributed by atoms with van der Waals surface area (Å²) in [4.78, 5) is 2.05. The van der Waals surface area contributed by atoms with Crippen LogP contribution in [0, 0.1) is 0 Å². The van der Waals surface area contributed by atoms with Crippen LogP contribution in [0.3, 0.4) is 0 Å². The lowest BCUT2D eigenvalue weighted by Gasteiger charge is -2.19. The van der Waals surface area contributed by atoms with E-state index in [-0.39, 0.29) is 12.4 Å². The lowest BCUT2D eigenvalue weighted by atomic mass is 10.1. The number of hydrogen-bond acceptors (Lipinski definition) is 4. The molecule has 0 heterocycles. The lowest BCUT2D eigenvalue weighted by Crippen LogP contribution is -2.26. The zero-order valence-electron chi connectivity index (χ0n) is 9.81. The molecule has 0 amide bonds. The van der Waals surface area contributed by atoms with Gasteiger partial charge in [-0.3, -0.25) is 4.90 Å². The van der Waals surface area contributed by atoms with Crippen LogP contribution in [0.5, 0.6) is 11.5 Å². The number of phenolic OH excluding ortho intramolecular Hbond substituents is 1. The van der Waals surface area contributed by atoms with Crippen molar-refractivity contribution in [2.45, 2.75) is 13.5 Å². The smallest absolute Gasteiger partial charge is 0.120 e. The number of aliphatic hydroxyl groups excluding tert-OH is 1. The van der Waals surface area contributed by atoms with E-state index in [1.807, 2.05) is 13.0 Å². The Morgan fingerprint density at radius 2 is 2.12 bits per heavy atom. The number of likely N-dealkylation sites (N-methyl/N-ethyl adjacent to an activating group) is 1. The highest BCUT2D eigenvalue weighted by Crippen LogP contribution is 2.23. The molecule has 0 radical (unpaired) electrons. The average molecular weight is 225 g/mol. The first-order chi connectivity index (χ1) is 7.71. The summed E-state index contributed by atoms with van der Waals surface area (Å²) in [6.45, 7) is 4.19. The van der Waals surface area contributed by atoms with Gasteiger partial charge in [-0.2, -0.15) is 0 Å². The number of ether oxygens (including phenoxy) is 1. The van der Waals surface area contributed by atoms with E-state index in [9.17, 15) is 5.11 Å². The molecule has 2 N–H and O–H groups in total. The molecule has 4 heteroatoms. The molecule has 0 spiro atoms. The maximum Gasteiger partial charge on any atom is 0.120 e. The largest absolute Gasteiger partial charge is 0.508 e. The van der Waals surface area contributed by atoms with E-state index in [1.165, 1.54) is 0 Å². The Morgan fingerprint density at radius 1 is 1.38 bits per heavy atom. The Hall–Kier alpha value is -1.26. The van der Waals surface area contributed by atoms with Crippen LogP contribution in [0.25, 0.3) is 0 Å². The van der Waals surface area contributed by atoms with Gasteiger partial charge in [-0.05, 0) is 24.7 Å². The van der Waals surface area contributed by atoms with Gasteiger partial charge in [0, 0.05) is 18.7 Å². The molecule has 1 aromatic carbocycles. The minimum Gasteiger partial charge on any atom is -0.508 e. The van der Waals surface area contributed by atoms with E-state index in [0.717, 1.165) is 17.9 Å². The van der Waals surface area contributed by atoms with Gasteiger partial charge in [0.1, 0.15) is 11.5 Å². The Labute approximate surface area is 96.1 Å². The minimum atomic E-state index is 0.124. The van der Waals surface area contributed by atoms with E-state index in [1.54, 1.807) is 19.2 Å². The molecule has 1 aromatic rings. The number of aromatic hydroxyl groups is 1. The van der Waals surface area contributed by atoms with E-state index >= 15 is 0 Å². The van der Waals surface area contributed by atoms with E-state index in [2.05, 4.69) is 4.90 Å². The third-order valence-corrected chi connectivity index (χ3v) is 2.54. The molecule has 0 fully saturated rings. The standard InChI is InChI=1S/C12H19NO3/c1-3-13(6-7-14)9-10-8-11(16-2)4-5-12(10)15/h4-5,8,14-15H,3,6-7,9H2,1-2H3. The molecule has 0 aliphatic rings. The highest BCUT2D eigenvalue weighted by Gasteiger charge is 2.08. The second-order valence-corrected chi connectivity index (χ2v) is 3.59. The van der Waals surface area contributed by atoms with E-state index < -0.39 is 0 Å². The van der Waals surface area contributed by atoms with Gasteiger partial charge in [-0.25, -0.2) is 0 Å². The monoisotopic (exact) mass is 225 g/mol. The quantitative estimate of drug-likeness (QED) is 0.764. The first kappa shape index (κ1) is 12.8. The molecular formula is C12H19NO3. The van der Waals surface area contributed by atoms with Gasteiger partial charge < -0.3 is 14.9 Å². The van der Waals surface area contributed by atoms with Gasteiger partial charge in [0.05, 0.1) is 13.7 Å². The van der Waals surface area contributed by atoms with Crippen LogP contribution in [-0.4, -0.2) is 41.9 Å². The zero-order chi connectivity index (χ0) is 12.0. The highest BCUT2D eigenvalue weighted by atomic mass is 16.5. The number of methoxy groups -OCH3 is 1. The fourth-order valence-electron chi connectivity index (χ4n) is 1.55. The Kier molecular flexibility index (Phi) is 5.08. The van der Waals surface area contributed by atoms with Crippen molar-refractivity contribution in [3.8, 4) is 11.5 Å². The topological polar surface area (TPSA) is 52.9 Å². The SMILES string of the molecule is CCN(CCO)Cc1cc(OC)ccc1O. The molecule has 16 heavy (non-hydrogen) atoms. The van der Waals surface area contributed by atoms with Crippen molar-refractivity contribution in [1.82, 2.24) is 4.90 Å². The van der Waals surface area contributed by atoms with Gasteiger partial charge in [0.2, 0.25) is 0 Å². The fourth-order valence-corrected chi connectivity index (χ4v) is 1.55. The van der Waals surface area contributed by atoms with Crippen molar-refractivity contribution in [3.05, 3.63) is 23.8 Å². The number of phenols is 1. The van der Waals surface area contributed by atoms with Gasteiger partial charge in [0.15, 0.2) is 0 Å². The summed E-state index contributed by atoms with van der Waals surface area (Å²) < 4.78 is 5.11. The van der Waals surface area contributed by atoms with Gasteiger partial charge in [-0.15, -0.1) is 0 Å². The molecule has 0 bridgehead atoms. The molecule has 0 saturated heterocycles. The third-order valence-electron chi connectivity index (χ3n) is 2.54. The molecule has 0 saturated carbocycles. The molecular weight excluding hydrogens is 206 g/mol. The lowest BCUT2D eigenvalue weighted by molar-refractivity contribution is 0.195. The number of rotatable bonds is 6. The molecule has 0 unspecified atom stereocenters. The second-order valence-electron chi connectivity index (χ2n) is 3.59. The fraction of sp³-hybridized carbons (Fsp3) is 0.500. The van der Waals surface area contributed by atoms with E-state index in [4.69, 9.17) is 9.84 Å². The summed E-state index contributed by atoms with van der Waals surface area (Å²) in [7, 11) is 1.60. The Bertz CT molecular complexity index is 328. The molecule has 0 aliphatic carbocycles. The van der Waals surface area contributed by atoms with Crippen LogP contribution in [0.4, 0.5) is 0 Å².